The zero-order valence-electron chi connectivity index (χ0n) is 12.5. The van der Waals surface area contributed by atoms with E-state index in [-0.39, 0.29) is 11.9 Å². The quantitative estimate of drug-likeness (QED) is 0.905. The minimum atomic E-state index is -0.550. The Morgan fingerprint density at radius 1 is 1.29 bits per heavy atom. The van der Waals surface area contributed by atoms with Crippen LogP contribution in [0.15, 0.2) is 36.9 Å². The van der Waals surface area contributed by atoms with E-state index in [9.17, 15) is 9.90 Å². The van der Waals surface area contributed by atoms with Gasteiger partial charge in [0.25, 0.3) is 5.91 Å². The molecule has 1 amide bonds. The van der Waals surface area contributed by atoms with Gasteiger partial charge >= 0.3 is 0 Å². The van der Waals surface area contributed by atoms with Crippen LogP contribution in [0.3, 0.4) is 0 Å². The molecule has 2 rings (SSSR count). The second-order valence-corrected chi connectivity index (χ2v) is 5.29. The molecule has 1 heterocycles. The lowest BCUT2D eigenvalue weighted by Gasteiger charge is -2.28. The summed E-state index contributed by atoms with van der Waals surface area (Å²) in [6.45, 7) is 5.87. The normalized spacial score (nSPS) is 12.4. The first-order chi connectivity index (χ1) is 9.99. The number of benzene rings is 1. The second-order valence-electron chi connectivity index (χ2n) is 5.29. The molecule has 1 aromatic heterocycles. The van der Waals surface area contributed by atoms with E-state index in [4.69, 9.17) is 0 Å². The smallest absolute Gasteiger partial charge is 0.254 e. The Bertz CT molecular complexity index is 576. The molecule has 1 atom stereocenters. The number of amides is 1. The van der Waals surface area contributed by atoms with Crippen molar-refractivity contribution >= 4 is 5.91 Å². The highest BCUT2D eigenvalue weighted by molar-refractivity contribution is 5.94. The summed E-state index contributed by atoms with van der Waals surface area (Å²) in [6.07, 6.45) is 2.51. The summed E-state index contributed by atoms with van der Waals surface area (Å²) in [7, 11) is 0. The molecule has 0 fully saturated rings. The molecule has 0 spiro atoms. The molecule has 21 heavy (non-hydrogen) atoms. The van der Waals surface area contributed by atoms with Gasteiger partial charge in [0, 0.05) is 18.2 Å². The molecule has 1 N–H and O–H groups in total. The Morgan fingerprint density at radius 3 is 2.43 bits per heavy atom. The monoisotopic (exact) mass is 288 g/mol. The summed E-state index contributed by atoms with van der Waals surface area (Å²) in [5.74, 6) is -0.0870. The number of hydrogen-bond donors (Lipinski definition) is 1. The van der Waals surface area contributed by atoms with Crippen molar-refractivity contribution in [2.75, 3.05) is 6.54 Å². The third kappa shape index (κ3) is 3.66. The maximum absolute atomic E-state index is 12.5. The number of aliphatic hydroxyl groups is 1. The van der Waals surface area contributed by atoms with Gasteiger partial charge in [-0.1, -0.05) is 0 Å². The summed E-state index contributed by atoms with van der Waals surface area (Å²) in [5.41, 5.74) is 1.43. The van der Waals surface area contributed by atoms with Crippen LogP contribution in [0.2, 0.25) is 0 Å². The van der Waals surface area contributed by atoms with Crippen LogP contribution >= 0.6 is 0 Å². The molecular formula is C15H20N4O2. The van der Waals surface area contributed by atoms with Crippen LogP contribution in [0.4, 0.5) is 0 Å². The molecule has 0 aliphatic rings. The minimum absolute atomic E-state index is 0.0297. The predicted molar refractivity (Wildman–Crippen MR) is 79.2 cm³/mol. The first-order valence-corrected chi connectivity index (χ1v) is 6.93. The van der Waals surface area contributed by atoms with E-state index in [1.807, 2.05) is 26.0 Å². The average molecular weight is 288 g/mol. The summed E-state index contributed by atoms with van der Waals surface area (Å²) < 4.78 is 1.63. The highest BCUT2D eigenvalue weighted by atomic mass is 16.3. The van der Waals surface area contributed by atoms with Gasteiger partial charge in [-0.05, 0) is 45.0 Å². The number of aliphatic hydroxyl groups excluding tert-OH is 1. The number of hydrogen-bond acceptors (Lipinski definition) is 4. The Hall–Kier alpha value is -2.21. The molecule has 0 bridgehead atoms. The van der Waals surface area contributed by atoms with E-state index < -0.39 is 6.10 Å². The van der Waals surface area contributed by atoms with Crippen molar-refractivity contribution in [3.63, 3.8) is 0 Å². The van der Waals surface area contributed by atoms with Gasteiger partial charge in [-0.3, -0.25) is 4.79 Å². The predicted octanol–water partition coefficient (Wildman–Crippen LogP) is 1.50. The SMILES string of the molecule is CC(O)CN(C(=O)c1ccc(-n2cncn2)cc1)C(C)C. The van der Waals surface area contributed by atoms with Gasteiger partial charge in [0.1, 0.15) is 12.7 Å². The van der Waals surface area contributed by atoms with Crippen LogP contribution in [0.25, 0.3) is 5.69 Å². The summed E-state index contributed by atoms with van der Waals surface area (Å²) in [4.78, 5) is 18.1. The van der Waals surface area contributed by atoms with E-state index in [0.29, 0.717) is 12.1 Å². The topological polar surface area (TPSA) is 71.2 Å². The molecule has 1 aromatic carbocycles. The zero-order valence-corrected chi connectivity index (χ0v) is 12.5. The van der Waals surface area contributed by atoms with Gasteiger partial charge in [0.2, 0.25) is 0 Å². The van der Waals surface area contributed by atoms with Gasteiger partial charge in [0.15, 0.2) is 0 Å². The lowest BCUT2D eigenvalue weighted by atomic mass is 10.1. The molecule has 1 unspecified atom stereocenters. The second kappa shape index (κ2) is 6.49. The molecule has 112 valence electrons. The fraction of sp³-hybridized carbons (Fsp3) is 0.400. The minimum Gasteiger partial charge on any atom is -0.392 e. The van der Waals surface area contributed by atoms with Crippen LogP contribution in [0.1, 0.15) is 31.1 Å². The van der Waals surface area contributed by atoms with E-state index in [1.54, 1.807) is 35.0 Å². The number of nitrogens with zero attached hydrogens (tertiary/aromatic N) is 4. The van der Waals surface area contributed by atoms with Crippen molar-refractivity contribution in [3.05, 3.63) is 42.5 Å². The van der Waals surface area contributed by atoms with Crippen molar-refractivity contribution in [2.24, 2.45) is 0 Å². The third-order valence-electron chi connectivity index (χ3n) is 3.14. The molecule has 0 saturated carbocycles. The van der Waals surface area contributed by atoms with Crippen LogP contribution in [0.5, 0.6) is 0 Å². The Labute approximate surface area is 124 Å². The summed E-state index contributed by atoms with van der Waals surface area (Å²) >= 11 is 0. The van der Waals surface area contributed by atoms with Crippen LogP contribution in [-0.4, -0.2) is 49.4 Å². The number of aromatic nitrogens is 3. The van der Waals surface area contributed by atoms with Crippen LogP contribution in [-0.2, 0) is 0 Å². The maximum atomic E-state index is 12.5. The Balaban J connectivity index is 2.18. The van der Waals surface area contributed by atoms with Gasteiger partial charge in [-0.15, -0.1) is 0 Å². The zero-order chi connectivity index (χ0) is 15.4. The first kappa shape index (κ1) is 15.2. The van der Waals surface area contributed by atoms with Gasteiger partial charge in [-0.2, -0.15) is 5.10 Å². The van der Waals surface area contributed by atoms with Gasteiger partial charge in [0.05, 0.1) is 11.8 Å². The largest absolute Gasteiger partial charge is 0.392 e. The third-order valence-corrected chi connectivity index (χ3v) is 3.14. The van der Waals surface area contributed by atoms with E-state index in [2.05, 4.69) is 10.1 Å². The lowest BCUT2D eigenvalue weighted by Crippen LogP contribution is -2.41. The fourth-order valence-corrected chi connectivity index (χ4v) is 2.08. The molecule has 6 heteroatoms. The summed E-state index contributed by atoms with van der Waals surface area (Å²) in [5, 5.41) is 13.6. The number of carbonyl (C=O) groups excluding carboxylic acids is 1. The van der Waals surface area contributed by atoms with Crippen molar-refractivity contribution < 1.29 is 9.90 Å². The van der Waals surface area contributed by atoms with Crippen molar-refractivity contribution in [1.82, 2.24) is 19.7 Å². The molecular weight excluding hydrogens is 268 g/mol. The first-order valence-electron chi connectivity index (χ1n) is 6.93. The van der Waals surface area contributed by atoms with Crippen molar-refractivity contribution in [3.8, 4) is 5.69 Å². The van der Waals surface area contributed by atoms with Crippen LogP contribution < -0.4 is 0 Å². The van der Waals surface area contributed by atoms with E-state index in [1.165, 1.54) is 6.33 Å². The number of carbonyl (C=O) groups is 1. The van der Waals surface area contributed by atoms with E-state index >= 15 is 0 Å². The number of rotatable bonds is 5. The molecule has 0 radical (unpaired) electrons. The molecule has 0 aliphatic carbocycles. The van der Waals surface area contributed by atoms with Crippen molar-refractivity contribution in [2.45, 2.75) is 32.9 Å². The lowest BCUT2D eigenvalue weighted by molar-refractivity contribution is 0.0579. The van der Waals surface area contributed by atoms with Gasteiger partial charge in [-0.25, -0.2) is 9.67 Å². The molecule has 6 nitrogen and oxygen atoms in total. The molecule has 0 aliphatic heterocycles. The van der Waals surface area contributed by atoms with Crippen LogP contribution in [0, 0.1) is 0 Å². The average Bonchev–Trinajstić information content (AvgIpc) is 2.98. The fourth-order valence-electron chi connectivity index (χ4n) is 2.08. The Morgan fingerprint density at radius 2 is 1.95 bits per heavy atom. The standard InChI is InChI=1S/C15H20N4O2/c1-11(2)18(8-12(3)20)15(21)13-4-6-14(7-5-13)19-10-16-9-17-19/h4-7,9-12,20H,8H2,1-3H3. The Kier molecular flexibility index (Phi) is 4.70. The van der Waals surface area contributed by atoms with Crippen molar-refractivity contribution in [1.29, 1.82) is 0 Å². The summed E-state index contributed by atoms with van der Waals surface area (Å²) in [6, 6.07) is 7.20. The highest BCUT2D eigenvalue weighted by Gasteiger charge is 2.20. The molecule has 0 saturated heterocycles. The van der Waals surface area contributed by atoms with Gasteiger partial charge < -0.3 is 10.0 Å². The highest BCUT2D eigenvalue weighted by Crippen LogP contribution is 2.12. The molecule has 2 aromatic rings. The maximum Gasteiger partial charge on any atom is 0.254 e. The van der Waals surface area contributed by atoms with E-state index in [0.717, 1.165) is 5.69 Å².